The Bertz CT molecular complexity index is 401. The van der Waals surface area contributed by atoms with Crippen LogP contribution < -0.4 is 10.8 Å². The molecule has 0 aliphatic rings. The van der Waals surface area contributed by atoms with Crippen molar-refractivity contribution >= 4 is 11.8 Å². The second kappa shape index (κ2) is 7.45. The lowest BCUT2D eigenvalue weighted by Gasteiger charge is -2.05. The third-order valence-electron chi connectivity index (χ3n) is 2.42. The van der Waals surface area contributed by atoms with Crippen LogP contribution in [0.4, 0.5) is 0 Å². The van der Waals surface area contributed by atoms with E-state index >= 15 is 0 Å². The Morgan fingerprint density at radius 3 is 2.44 bits per heavy atom. The number of carbonyl (C=O) groups is 2. The highest BCUT2D eigenvalue weighted by Gasteiger charge is 2.05. The zero-order valence-corrected chi connectivity index (χ0v) is 10.7. The fourth-order valence-electron chi connectivity index (χ4n) is 1.43. The molecule has 0 heterocycles. The Morgan fingerprint density at radius 1 is 1.17 bits per heavy atom. The van der Waals surface area contributed by atoms with Crippen LogP contribution in [0.3, 0.4) is 0 Å². The smallest absolute Gasteiger partial charge is 0.262 e. The molecule has 0 saturated heterocycles. The first kappa shape index (κ1) is 14.2. The van der Waals surface area contributed by atoms with Gasteiger partial charge in [-0.2, -0.15) is 0 Å². The minimum absolute atomic E-state index is 0.0689. The van der Waals surface area contributed by atoms with Crippen molar-refractivity contribution in [3.8, 4) is 0 Å². The highest BCUT2D eigenvalue weighted by atomic mass is 16.6. The van der Waals surface area contributed by atoms with Gasteiger partial charge in [0.05, 0.1) is 13.7 Å². The fraction of sp³-hybridized carbons (Fsp3) is 0.385. The molecule has 2 N–H and O–H groups in total. The number of rotatable bonds is 6. The molecule has 18 heavy (non-hydrogen) atoms. The molecule has 0 atom stereocenters. The summed E-state index contributed by atoms with van der Waals surface area (Å²) in [5.74, 6) is -0.525. The zero-order chi connectivity index (χ0) is 13.4. The summed E-state index contributed by atoms with van der Waals surface area (Å²) in [6.45, 7) is 1.95. The number of aryl methyl sites for hydroxylation is 2. The number of amides is 2. The lowest BCUT2D eigenvalue weighted by molar-refractivity contribution is -0.132. The van der Waals surface area contributed by atoms with Crippen molar-refractivity contribution in [2.45, 2.75) is 19.8 Å². The van der Waals surface area contributed by atoms with Gasteiger partial charge in [-0.1, -0.05) is 29.8 Å². The number of hydrogen-bond acceptors (Lipinski definition) is 3. The van der Waals surface area contributed by atoms with Crippen molar-refractivity contribution in [1.82, 2.24) is 10.8 Å². The topological polar surface area (TPSA) is 67.4 Å². The van der Waals surface area contributed by atoms with Crippen LogP contribution in [0.5, 0.6) is 0 Å². The highest BCUT2D eigenvalue weighted by Crippen LogP contribution is 2.05. The number of benzene rings is 1. The molecule has 1 rings (SSSR count). The lowest BCUT2D eigenvalue weighted by Crippen LogP contribution is -2.36. The van der Waals surface area contributed by atoms with Crippen LogP contribution in [-0.4, -0.2) is 25.5 Å². The lowest BCUT2D eigenvalue weighted by atomic mass is 10.1. The summed E-state index contributed by atoms with van der Waals surface area (Å²) in [5.41, 5.74) is 4.43. The molecule has 1 aromatic carbocycles. The van der Waals surface area contributed by atoms with E-state index in [4.69, 9.17) is 0 Å². The van der Waals surface area contributed by atoms with Crippen LogP contribution >= 0.6 is 0 Å². The number of nitrogens with one attached hydrogen (secondary N) is 2. The van der Waals surface area contributed by atoms with E-state index in [-0.39, 0.29) is 18.4 Å². The van der Waals surface area contributed by atoms with Gasteiger partial charge in [0.15, 0.2) is 0 Å². The molecule has 0 aliphatic heterocycles. The molecule has 0 unspecified atom stereocenters. The van der Waals surface area contributed by atoms with E-state index in [1.54, 1.807) is 0 Å². The van der Waals surface area contributed by atoms with Crippen LogP contribution in [-0.2, 0) is 20.8 Å². The van der Waals surface area contributed by atoms with Crippen LogP contribution in [0.2, 0.25) is 0 Å². The van der Waals surface area contributed by atoms with E-state index in [0.717, 1.165) is 5.56 Å². The van der Waals surface area contributed by atoms with Gasteiger partial charge in [0.25, 0.3) is 5.91 Å². The molecule has 0 fully saturated rings. The molecular formula is C13H18N2O3. The molecule has 0 radical (unpaired) electrons. The highest BCUT2D eigenvalue weighted by molar-refractivity contribution is 5.84. The third kappa shape index (κ3) is 5.45. The molecule has 5 heteroatoms. The minimum atomic E-state index is -0.374. The Kier molecular flexibility index (Phi) is 5.87. The summed E-state index contributed by atoms with van der Waals surface area (Å²) < 4.78 is 0. The van der Waals surface area contributed by atoms with E-state index in [1.807, 2.05) is 31.2 Å². The minimum Gasteiger partial charge on any atom is -0.347 e. The van der Waals surface area contributed by atoms with Crippen LogP contribution in [0.15, 0.2) is 24.3 Å². The summed E-state index contributed by atoms with van der Waals surface area (Å²) in [6, 6.07) is 8.03. The molecule has 0 aromatic heterocycles. The molecule has 5 nitrogen and oxygen atoms in total. The van der Waals surface area contributed by atoms with Crippen LogP contribution in [0, 0.1) is 6.92 Å². The van der Waals surface area contributed by atoms with E-state index in [1.165, 1.54) is 12.7 Å². The summed E-state index contributed by atoms with van der Waals surface area (Å²) in [5, 5.41) is 2.52. The first-order valence-electron chi connectivity index (χ1n) is 5.76. The number of carbonyl (C=O) groups excluding carboxylic acids is 2. The van der Waals surface area contributed by atoms with Crippen molar-refractivity contribution in [3.63, 3.8) is 0 Å². The average molecular weight is 250 g/mol. The van der Waals surface area contributed by atoms with Gasteiger partial charge in [-0.25, -0.2) is 5.48 Å². The molecule has 0 bridgehead atoms. The van der Waals surface area contributed by atoms with Crippen molar-refractivity contribution in [2.24, 2.45) is 0 Å². The second-order valence-electron chi connectivity index (χ2n) is 3.99. The van der Waals surface area contributed by atoms with Gasteiger partial charge in [0.1, 0.15) is 0 Å². The molecule has 0 spiro atoms. The standard InChI is InChI=1S/C13H18N2O3/c1-10-3-5-11(6-4-10)7-8-12(16)14-9-13(17)15-18-2/h3-6H,7-9H2,1-2H3,(H,14,16)(H,15,17). The third-order valence-corrected chi connectivity index (χ3v) is 2.42. The predicted octanol–water partition coefficient (Wildman–Crippen LogP) is 0.721. The number of hydroxylamine groups is 1. The maximum absolute atomic E-state index is 11.5. The molecular weight excluding hydrogens is 232 g/mol. The van der Waals surface area contributed by atoms with Gasteiger partial charge in [-0.15, -0.1) is 0 Å². The van der Waals surface area contributed by atoms with Crippen molar-refractivity contribution in [2.75, 3.05) is 13.7 Å². The van der Waals surface area contributed by atoms with Crippen molar-refractivity contribution in [3.05, 3.63) is 35.4 Å². The summed E-state index contributed by atoms with van der Waals surface area (Å²) in [6.07, 6.45) is 1.03. The summed E-state index contributed by atoms with van der Waals surface area (Å²) in [4.78, 5) is 26.9. The number of hydrogen-bond donors (Lipinski definition) is 2. The Labute approximate surface area is 106 Å². The van der Waals surface area contributed by atoms with E-state index in [0.29, 0.717) is 12.8 Å². The maximum Gasteiger partial charge on any atom is 0.262 e. The van der Waals surface area contributed by atoms with Crippen LogP contribution in [0.25, 0.3) is 0 Å². The largest absolute Gasteiger partial charge is 0.347 e. The van der Waals surface area contributed by atoms with Crippen molar-refractivity contribution in [1.29, 1.82) is 0 Å². The molecule has 0 aliphatic carbocycles. The Hall–Kier alpha value is -1.88. The Balaban J connectivity index is 2.24. The van der Waals surface area contributed by atoms with Gasteiger partial charge in [-0.05, 0) is 18.9 Å². The summed E-state index contributed by atoms with van der Waals surface area (Å²) >= 11 is 0. The van der Waals surface area contributed by atoms with Gasteiger partial charge < -0.3 is 5.32 Å². The van der Waals surface area contributed by atoms with Gasteiger partial charge in [0, 0.05) is 6.42 Å². The van der Waals surface area contributed by atoms with E-state index in [2.05, 4.69) is 15.6 Å². The monoisotopic (exact) mass is 250 g/mol. The quantitative estimate of drug-likeness (QED) is 0.731. The predicted molar refractivity (Wildman–Crippen MR) is 67.7 cm³/mol. The maximum atomic E-state index is 11.5. The van der Waals surface area contributed by atoms with Crippen LogP contribution in [0.1, 0.15) is 17.5 Å². The fourth-order valence-corrected chi connectivity index (χ4v) is 1.43. The van der Waals surface area contributed by atoms with E-state index in [9.17, 15) is 9.59 Å². The average Bonchev–Trinajstić information content (AvgIpc) is 2.36. The normalized spacial score (nSPS) is 9.89. The second-order valence-corrected chi connectivity index (χ2v) is 3.99. The zero-order valence-electron chi connectivity index (χ0n) is 10.7. The van der Waals surface area contributed by atoms with Gasteiger partial charge in [0.2, 0.25) is 5.91 Å². The SMILES string of the molecule is CONC(=O)CNC(=O)CCc1ccc(C)cc1. The molecule has 0 saturated carbocycles. The molecule has 1 aromatic rings. The molecule has 98 valence electrons. The van der Waals surface area contributed by atoms with Gasteiger partial charge in [-0.3, -0.25) is 14.4 Å². The van der Waals surface area contributed by atoms with E-state index < -0.39 is 0 Å². The molecule has 2 amide bonds. The Morgan fingerprint density at radius 2 is 1.83 bits per heavy atom. The first-order valence-corrected chi connectivity index (χ1v) is 5.76. The van der Waals surface area contributed by atoms with Gasteiger partial charge >= 0.3 is 0 Å². The first-order chi connectivity index (χ1) is 8.61. The van der Waals surface area contributed by atoms with Crippen molar-refractivity contribution < 1.29 is 14.4 Å². The summed E-state index contributed by atoms with van der Waals surface area (Å²) in [7, 11) is 1.34.